The highest BCUT2D eigenvalue weighted by atomic mass is 32.2. The molecule has 0 bridgehead atoms. The Kier molecular flexibility index (Phi) is 6.36. The summed E-state index contributed by atoms with van der Waals surface area (Å²) in [5.74, 6) is -2.15. The molecule has 1 aromatic carbocycles. The normalized spacial score (nSPS) is 10.9. The average molecular weight is 406 g/mol. The number of hydrogen-bond donors (Lipinski definition) is 1. The molecule has 0 saturated heterocycles. The van der Waals surface area contributed by atoms with Gasteiger partial charge in [-0.25, -0.2) is 13.2 Å². The van der Waals surface area contributed by atoms with Gasteiger partial charge in [-0.05, 0) is 38.5 Å². The zero-order chi connectivity index (χ0) is 20.2. The molecule has 0 aliphatic rings. The Labute approximate surface area is 161 Å². The molecule has 27 heavy (non-hydrogen) atoms. The fraction of sp³-hybridized carbons (Fsp3) is 0.278. The van der Waals surface area contributed by atoms with Crippen molar-refractivity contribution in [3.05, 3.63) is 45.8 Å². The minimum absolute atomic E-state index is 0.0401. The molecule has 2 rings (SSSR count). The molecule has 0 fully saturated rings. The van der Waals surface area contributed by atoms with Gasteiger partial charge in [0.25, 0.3) is 0 Å². The summed E-state index contributed by atoms with van der Waals surface area (Å²) in [6, 6.07) is 8.09. The van der Waals surface area contributed by atoms with E-state index >= 15 is 0 Å². The van der Waals surface area contributed by atoms with Crippen LogP contribution in [0.15, 0.2) is 29.2 Å². The van der Waals surface area contributed by atoms with Crippen LogP contribution < -0.4 is 5.32 Å². The Hall–Kier alpha value is -2.70. The third-order valence-corrected chi connectivity index (χ3v) is 6.49. The molecule has 0 aliphatic heterocycles. The van der Waals surface area contributed by atoms with Crippen molar-refractivity contribution >= 4 is 38.1 Å². The molecule has 9 heteroatoms. The van der Waals surface area contributed by atoms with E-state index in [1.54, 1.807) is 26.0 Å². The van der Waals surface area contributed by atoms with E-state index in [4.69, 9.17) is 4.74 Å². The highest BCUT2D eigenvalue weighted by Crippen LogP contribution is 2.33. The van der Waals surface area contributed by atoms with Crippen LogP contribution >= 0.6 is 11.3 Å². The second kappa shape index (κ2) is 8.33. The first kappa shape index (κ1) is 20.6. The molecule has 1 aromatic heterocycles. The predicted octanol–water partition coefficient (Wildman–Crippen LogP) is 2.83. The third kappa shape index (κ3) is 4.72. The van der Waals surface area contributed by atoms with Crippen LogP contribution in [0.5, 0.6) is 0 Å². The number of anilines is 1. The maximum Gasteiger partial charge on any atom is 0.348 e. The quantitative estimate of drug-likeness (QED) is 0.738. The van der Waals surface area contributed by atoms with Gasteiger partial charge in [-0.15, -0.1) is 11.3 Å². The minimum Gasteiger partial charge on any atom is -0.462 e. The number of nitrogens with zero attached hydrogens (tertiary/aromatic N) is 1. The summed E-state index contributed by atoms with van der Waals surface area (Å²) in [6.07, 6.45) is 0. The van der Waals surface area contributed by atoms with E-state index in [1.807, 2.05) is 13.0 Å². The highest BCUT2D eigenvalue weighted by Gasteiger charge is 2.24. The number of sulfone groups is 1. The summed E-state index contributed by atoms with van der Waals surface area (Å²) in [5.41, 5.74) is 1.40. The third-order valence-electron chi connectivity index (χ3n) is 3.67. The van der Waals surface area contributed by atoms with E-state index in [1.165, 1.54) is 12.1 Å². The molecule has 0 atom stereocenters. The smallest absolute Gasteiger partial charge is 0.348 e. The Balaban J connectivity index is 2.23. The number of thiophene rings is 1. The monoisotopic (exact) mass is 406 g/mol. The zero-order valence-corrected chi connectivity index (χ0v) is 16.7. The van der Waals surface area contributed by atoms with Crippen LogP contribution in [0.3, 0.4) is 0 Å². The van der Waals surface area contributed by atoms with Crippen molar-refractivity contribution < 1.29 is 22.7 Å². The molecule has 0 unspecified atom stereocenters. The second-order valence-electron chi connectivity index (χ2n) is 5.71. The molecule has 2 aromatic rings. The van der Waals surface area contributed by atoms with Crippen LogP contribution in [0.1, 0.15) is 33.3 Å². The summed E-state index contributed by atoms with van der Waals surface area (Å²) in [7, 11) is -3.83. The van der Waals surface area contributed by atoms with E-state index < -0.39 is 27.5 Å². The van der Waals surface area contributed by atoms with Gasteiger partial charge in [0, 0.05) is 0 Å². The van der Waals surface area contributed by atoms with Crippen molar-refractivity contribution in [2.75, 3.05) is 17.7 Å². The number of carbonyl (C=O) groups excluding carboxylic acids is 2. The van der Waals surface area contributed by atoms with Gasteiger partial charge >= 0.3 is 5.97 Å². The van der Waals surface area contributed by atoms with Gasteiger partial charge in [0.15, 0.2) is 9.84 Å². The molecule has 1 amide bonds. The molecule has 1 heterocycles. The Bertz CT molecular complexity index is 1020. The molecular formula is C18H18N2O5S2. The van der Waals surface area contributed by atoms with Crippen LogP contribution in [0, 0.1) is 25.2 Å². The Morgan fingerprint density at radius 2 is 1.85 bits per heavy atom. The van der Waals surface area contributed by atoms with Gasteiger partial charge in [0.2, 0.25) is 5.91 Å². The molecular weight excluding hydrogens is 388 g/mol. The number of amides is 1. The molecule has 142 valence electrons. The van der Waals surface area contributed by atoms with Gasteiger partial charge in [-0.1, -0.05) is 17.7 Å². The Morgan fingerprint density at radius 3 is 2.41 bits per heavy atom. The standard InChI is InChI=1S/C18H18N2O5S2/c1-4-25-18(22)16-12(3)14(9-19)17(26-16)20-15(21)10-27(23,24)13-7-5-11(2)6-8-13/h5-8H,4,10H2,1-3H3,(H,20,21). The maximum atomic E-state index is 12.4. The molecule has 1 N–H and O–H groups in total. The zero-order valence-electron chi connectivity index (χ0n) is 15.0. The highest BCUT2D eigenvalue weighted by molar-refractivity contribution is 7.92. The van der Waals surface area contributed by atoms with Crippen LogP contribution in [-0.2, 0) is 19.4 Å². The number of esters is 1. The number of nitrogens with one attached hydrogen (secondary N) is 1. The average Bonchev–Trinajstić information content (AvgIpc) is 2.90. The number of benzene rings is 1. The summed E-state index contributed by atoms with van der Waals surface area (Å²) >= 11 is 0.887. The lowest BCUT2D eigenvalue weighted by atomic mass is 10.2. The summed E-state index contributed by atoms with van der Waals surface area (Å²) in [5, 5.41) is 11.9. The van der Waals surface area contributed by atoms with E-state index in [2.05, 4.69) is 5.32 Å². The maximum absolute atomic E-state index is 12.4. The first-order chi connectivity index (χ1) is 12.7. The Morgan fingerprint density at radius 1 is 1.22 bits per heavy atom. The van der Waals surface area contributed by atoms with Crippen molar-refractivity contribution in [3.63, 3.8) is 0 Å². The lowest BCUT2D eigenvalue weighted by Gasteiger charge is -2.06. The summed E-state index contributed by atoms with van der Waals surface area (Å²) in [4.78, 5) is 24.4. The van der Waals surface area contributed by atoms with Crippen molar-refractivity contribution in [1.29, 1.82) is 5.26 Å². The number of hydrogen-bond acceptors (Lipinski definition) is 7. The van der Waals surface area contributed by atoms with Gasteiger partial charge in [0.05, 0.1) is 17.1 Å². The predicted molar refractivity (Wildman–Crippen MR) is 102 cm³/mol. The number of rotatable bonds is 6. The number of nitriles is 1. The fourth-order valence-corrected chi connectivity index (χ4v) is 4.49. The fourth-order valence-electron chi connectivity index (χ4n) is 2.29. The first-order valence-electron chi connectivity index (χ1n) is 7.99. The summed E-state index contributed by atoms with van der Waals surface area (Å²) in [6.45, 7) is 5.23. The van der Waals surface area contributed by atoms with Crippen LogP contribution in [-0.4, -0.2) is 32.7 Å². The van der Waals surface area contributed by atoms with Crippen LogP contribution in [0.4, 0.5) is 5.00 Å². The van der Waals surface area contributed by atoms with E-state index in [9.17, 15) is 23.3 Å². The lowest BCUT2D eigenvalue weighted by Crippen LogP contribution is -2.23. The number of carbonyl (C=O) groups is 2. The molecule has 7 nitrogen and oxygen atoms in total. The summed E-state index contributed by atoms with van der Waals surface area (Å²) < 4.78 is 29.7. The number of aryl methyl sites for hydroxylation is 1. The topological polar surface area (TPSA) is 113 Å². The van der Waals surface area contributed by atoms with Crippen LogP contribution in [0.25, 0.3) is 0 Å². The van der Waals surface area contributed by atoms with Gasteiger partial charge in [-0.2, -0.15) is 5.26 Å². The van der Waals surface area contributed by atoms with Crippen LogP contribution in [0.2, 0.25) is 0 Å². The first-order valence-corrected chi connectivity index (χ1v) is 10.5. The van der Waals surface area contributed by atoms with Crippen molar-refractivity contribution in [1.82, 2.24) is 0 Å². The molecule has 0 aliphatic carbocycles. The molecule has 0 spiro atoms. The van der Waals surface area contributed by atoms with E-state index in [-0.39, 0.29) is 26.9 Å². The minimum atomic E-state index is -3.83. The SMILES string of the molecule is CCOC(=O)c1sc(NC(=O)CS(=O)(=O)c2ccc(C)cc2)c(C#N)c1C. The molecule has 0 radical (unpaired) electrons. The van der Waals surface area contributed by atoms with Crippen molar-refractivity contribution in [2.24, 2.45) is 0 Å². The van der Waals surface area contributed by atoms with Gasteiger partial charge in [0.1, 0.15) is 21.7 Å². The van der Waals surface area contributed by atoms with Gasteiger partial charge < -0.3 is 10.1 Å². The lowest BCUT2D eigenvalue weighted by molar-refractivity contribution is -0.113. The second-order valence-corrected chi connectivity index (χ2v) is 8.72. The molecule has 0 saturated carbocycles. The largest absolute Gasteiger partial charge is 0.462 e. The van der Waals surface area contributed by atoms with Gasteiger partial charge in [-0.3, -0.25) is 4.79 Å². The van der Waals surface area contributed by atoms with Crippen molar-refractivity contribution in [3.8, 4) is 6.07 Å². The van der Waals surface area contributed by atoms with E-state index in [0.717, 1.165) is 16.9 Å². The van der Waals surface area contributed by atoms with Crippen molar-refractivity contribution in [2.45, 2.75) is 25.7 Å². The number of ether oxygens (including phenoxy) is 1. The van der Waals surface area contributed by atoms with E-state index in [0.29, 0.717) is 5.56 Å².